The lowest BCUT2D eigenvalue weighted by molar-refractivity contribution is -0.149. The largest absolute Gasteiger partial charge is 0.469 e. The number of hydrogen-bond donors (Lipinski definition) is 1. The van der Waals surface area contributed by atoms with E-state index in [-0.39, 0.29) is 23.8 Å². The van der Waals surface area contributed by atoms with E-state index in [4.69, 9.17) is 4.74 Å². The standard InChI is InChI=1S/C10H17NO2.ClH/c1-13-9(12)10(4-5-10)8-2-6-11-7-3-8;/h8,11H,2-7H2,1H3;1H. The Morgan fingerprint density at radius 3 is 2.36 bits per heavy atom. The maximum Gasteiger partial charge on any atom is 0.312 e. The summed E-state index contributed by atoms with van der Waals surface area (Å²) in [4.78, 5) is 11.6. The van der Waals surface area contributed by atoms with Crippen LogP contribution in [0.5, 0.6) is 0 Å². The molecule has 1 aliphatic heterocycles. The van der Waals surface area contributed by atoms with Crippen molar-refractivity contribution in [3.63, 3.8) is 0 Å². The highest BCUT2D eigenvalue weighted by atomic mass is 35.5. The van der Waals surface area contributed by atoms with Crippen LogP contribution < -0.4 is 5.32 Å². The van der Waals surface area contributed by atoms with Crippen LogP contribution in [0.1, 0.15) is 25.7 Å². The van der Waals surface area contributed by atoms with E-state index in [9.17, 15) is 4.79 Å². The maximum absolute atomic E-state index is 11.6. The van der Waals surface area contributed by atoms with Gasteiger partial charge in [-0.05, 0) is 44.7 Å². The maximum atomic E-state index is 11.6. The second-order valence-corrected chi connectivity index (χ2v) is 4.17. The van der Waals surface area contributed by atoms with Gasteiger partial charge in [-0.25, -0.2) is 0 Å². The smallest absolute Gasteiger partial charge is 0.312 e. The molecule has 0 amide bonds. The second-order valence-electron chi connectivity index (χ2n) is 4.17. The highest BCUT2D eigenvalue weighted by molar-refractivity contribution is 5.85. The Balaban J connectivity index is 0.000000980. The fourth-order valence-electron chi connectivity index (χ4n) is 2.49. The molecule has 0 bridgehead atoms. The predicted octanol–water partition coefficient (Wildman–Crippen LogP) is 1.36. The first kappa shape index (κ1) is 11.8. The van der Waals surface area contributed by atoms with Crippen LogP contribution in [-0.4, -0.2) is 26.2 Å². The van der Waals surface area contributed by atoms with E-state index < -0.39 is 0 Å². The van der Waals surface area contributed by atoms with Crippen LogP contribution in [0.2, 0.25) is 0 Å². The molecule has 1 aliphatic carbocycles. The molecule has 2 fully saturated rings. The van der Waals surface area contributed by atoms with Gasteiger partial charge in [-0.3, -0.25) is 4.79 Å². The normalized spacial score (nSPS) is 24.9. The zero-order valence-electron chi connectivity index (χ0n) is 8.54. The quantitative estimate of drug-likeness (QED) is 0.713. The van der Waals surface area contributed by atoms with Crippen LogP contribution in [0.25, 0.3) is 0 Å². The molecule has 0 aromatic rings. The number of nitrogens with one attached hydrogen (secondary N) is 1. The molecular formula is C10H18ClNO2. The molecule has 0 atom stereocenters. The monoisotopic (exact) mass is 219 g/mol. The number of carbonyl (C=O) groups is 1. The van der Waals surface area contributed by atoms with Crippen molar-refractivity contribution in [1.29, 1.82) is 0 Å². The van der Waals surface area contributed by atoms with Crippen LogP contribution in [-0.2, 0) is 9.53 Å². The molecule has 0 radical (unpaired) electrons. The minimum Gasteiger partial charge on any atom is -0.469 e. The third kappa shape index (κ3) is 1.89. The SMILES string of the molecule is COC(=O)C1(C2CCNCC2)CC1.Cl. The molecule has 82 valence electrons. The molecule has 0 aromatic heterocycles. The number of carbonyl (C=O) groups excluding carboxylic acids is 1. The van der Waals surface area contributed by atoms with Gasteiger partial charge in [0.1, 0.15) is 0 Å². The fraction of sp³-hybridized carbons (Fsp3) is 0.900. The summed E-state index contributed by atoms with van der Waals surface area (Å²) in [6.45, 7) is 2.12. The molecular weight excluding hydrogens is 202 g/mol. The first-order chi connectivity index (χ1) is 6.29. The first-order valence-corrected chi connectivity index (χ1v) is 5.09. The molecule has 1 saturated carbocycles. The lowest BCUT2D eigenvalue weighted by atomic mass is 9.82. The van der Waals surface area contributed by atoms with Crippen molar-refractivity contribution in [1.82, 2.24) is 5.32 Å². The summed E-state index contributed by atoms with van der Waals surface area (Å²) >= 11 is 0. The summed E-state index contributed by atoms with van der Waals surface area (Å²) in [5.41, 5.74) is -0.0726. The molecule has 0 unspecified atom stereocenters. The zero-order chi connectivity index (χ0) is 9.31. The van der Waals surface area contributed by atoms with Crippen molar-refractivity contribution in [3.05, 3.63) is 0 Å². The van der Waals surface area contributed by atoms with Crippen molar-refractivity contribution in [2.75, 3.05) is 20.2 Å². The average molecular weight is 220 g/mol. The van der Waals surface area contributed by atoms with Gasteiger partial charge in [0, 0.05) is 0 Å². The summed E-state index contributed by atoms with van der Waals surface area (Å²) in [5.74, 6) is 0.598. The molecule has 1 heterocycles. The molecule has 3 nitrogen and oxygen atoms in total. The van der Waals surface area contributed by atoms with E-state index in [1.54, 1.807) is 0 Å². The van der Waals surface area contributed by atoms with E-state index in [0.29, 0.717) is 5.92 Å². The lowest BCUT2D eigenvalue weighted by Crippen LogP contribution is -2.36. The van der Waals surface area contributed by atoms with Crippen molar-refractivity contribution < 1.29 is 9.53 Å². The van der Waals surface area contributed by atoms with Gasteiger partial charge in [0.25, 0.3) is 0 Å². The van der Waals surface area contributed by atoms with Crippen molar-refractivity contribution in [2.45, 2.75) is 25.7 Å². The van der Waals surface area contributed by atoms with E-state index in [0.717, 1.165) is 38.8 Å². The first-order valence-electron chi connectivity index (χ1n) is 5.09. The zero-order valence-corrected chi connectivity index (χ0v) is 9.36. The van der Waals surface area contributed by atoms with Crippen molar-refractivity contribution >= 4 is 18.4 Å². The van der Waals surface area contributed by atoms with Crippen molar-refractivity contribution in [2.24, 2.45) is 11.3 Å². The van der Waals surface area contributed by atoms with Crippen LogP contribution in [0.3, 0.4) is 0 Å². The van der Waals surface area contributed by atoms with Gasteiger partial charge in [0.15, 0.2) is 0 Å². The van der Waals surface area contributed by atoms with Crippen LogP contribution >= 0.6 is 12.4 Å². The number of rotatable bonds is 2. The second kappa shape index (κ2) is 4.49. The minimum absolute atomic E-state index is 0. The Morgan fingerprint density at radius 1 is 1.36 bits per heavy atom. The van der Waals surface area contributed by atoms with Gasteiger partial charge in [0.05, 0.1) is 12.5 Å². The van der Waals surface area contributed by atoms with E-state index in [1.165, 1.54) is 7.11 Å². The Hall–Kier alpha value is -0.280. The van der Waals surface area contributed by atoms with Gasteiger partial charge >= 0.3 is 5.97 Å². The molecule has 4 heteroatoms. The Morgan fingerprint density at radius 2 is 1.93 bits per heavy atom. The van der Waals surface area contributed by atoms with Gasteiger partial charge in [-0.15, -0.1) is 12.4 Å². The van der Waals surface area contributed by atoms with Gasteiger partial charge in [0.2, 0.25) is 0 Å². The molecule has 14 heavy (non-hydrogen) atoms. The molecule has 2 aliphatic rings. The number of hydrogen-bond acceptors (Lipinski definition) is 3. The number of esters is 1. The number of methoxy groups -OCH3 is 1. The number of ether oxygens (including phenoxy) is 1. The van der Waals surface area contributed by atoms with Gasteiger partial charge in [-0.1, -0.05) is 0 Å². The summed E-state index contributed by atoms with van der Waals surface area (Å²) in [6, 6.07) is 0. The lowest BCUT2D eigenvalue weighted by Gasteiger charge is -2.28. The molecule has 1 N–H and O–H groups in total. The fourth-order valence-corrected chi connectivity index (χ4v) is 2.49. The third-order valence-electron chi connectivity index (χ3n) is 3.50. The highest BCUT2D eigenvalue weighted by Crippen LogP contribution is 2.55. The third-order valence-corrected chi connectivity index (χ3v) is 3.50. The Labute approximate surface area is 91.0 Å². The van der Waals surface area contributed by atoms with Crippen LogP contribution in [0.4, 0.5) is 0 Å². The van der Waals surface area contributed by atoms with Gasteiger partial charge < -0.3 is 10.1 Å². The minimum atomic E-state index is -0.0726. The highest BCUT2D eigenvalue weighted by Gasteiger charge is 2.56. The summed E-state index contributed by atoms with van der Waals surface area (Å²) in [5, 5.41) is 3.32. The Bertz CT molecular complexity index is 210. The van der Waals surface area contributed by atoms with Crippen molar-refractivity contribution in [3.8, 4) is 0 Å². The summed E-state index contributed by atoms with van der Waals surface area (Å²) in [6.07, 6.45) is 4.36. The predicted molar refractivity (Wildman–Crippen MR) is 56.5 cm³/mol. The van der Waals surface area contributed by atoms with E-state index in [2.05, 4.69) is 5.32 Å². The molecule has 1 saturated heterocycles. The molecule has 0 spiro atoms. The summed E-state index contributed by atoms with van der Waals surface area (Å²) in [7, 11) is 1.50. The number of piperidine rings is 1. The molecule has 0 aromatic carbocycles. The number of halogens is 1. The average Bonchev–Trinajstić information content (AvgIpc) is 2.99. The van der Waals surface area contributed by atoms with Crippen LogP contribution in [0, 0.1) is 11.3 Å². The molecule has 2 rings (SSSR count). The Kier molecular flexibility index (Phi) is 3.78. The van der Waals surface area contributed by atoms with Crippen LogP contribution in [0.15, 0.2) is 0 Å². The van der Waals surface area contributed by atoms with E-state index >= 15 is 0 Å². The topological polar surface area (TPSA) is 38.3 Å². The van der Waals surface area contributed by atoms with E-state index in [1.807, 2.05) is 0 Å². The van der Waals surface area contributed by atoms with Gasteiger partial charge in [-0.2, -0.15) is 0 Å². The summed E-state index contributed by atoms with van der Waals surface area (Å²) < 4.78 is 4.87.